The third-order valence-electron chi connectivity index (χ3n) is 4.71. The lowest BCUT2D eigenvalue weighted by Crippen LogP contribution is -2.60. The van der Waals surface area contributed by atoms with Gasteiger partial charge in [0.05, 0.1) is 5.73 Å². The van der Waals surface area contributed by atoms with E-state index >= 15 is 0 Å². The van der Waals surface area contributed by atoms with Crippen LogP contribution in [0.4, 0.5) is 0 Å². The zero-order chi connectivity index (χ0) is 28.1. The molecule has 0 aliphatic carbocycles. The maximum atomic E-state index is 11.5. The van der Waals surface area contributed by atoms with Crippen molar-refractivity contribution in [2.75, 3.05) is 14.2 Å². The molecule has 2 atom stereocenters. The van der Waals surface area contributed by atoms with E-state index in [1.807, 2.05) is 60.7 Å². The van der Waals surface area contributed by atoms with Crippen LogP contribution in [0.25, 0.3) is 0 Å². The fourth-order valence-corrected chi connectivity index (χ4v) is 7.93. The molecule has 2 rings (SSSR count). The Bertz CT molecular complexity index is 950. The minimum absolute atomic E-state index is 0.247. The van der Waals surface area contributed by atoms with Gasteiger partial charge in [0, 0.05) is 41.4 Å². The van der Waals surface area contributed by atoms with E-state index in [-0.39, 0.29) is 12.1 Å². The first kappa shape index (κ1) is 33.1. The molecule has 204 valence electrons. The second-order valence-electron chi connectivity index (χ2n) is 7.75. The number of carbonyl (C=O) groups is 3. The van der Waals surface area contributed by atoms with Crippen molar-refractivity contribution >= 4 is 66.0 Å². The van der Waals surface area contributed by atoms with E-state index in [9.17, 15) is 14.4 Å². The molecule has 0 spiro atoms. The standard InChI is InChI=1S/C15H20O7Si.C9H11Cl3OSi/c1-11(16)20-23(21-12(2)17,22-13(3)18)15(19-4)10-14-8-6-5-7-9-14;1-13-9(14(10,11)12)7-8-5-3-2-4-6-8/h5-9,15H,10H2,1-4H3;2-6,9H,7H2,1H3. The highest BCUT2D eigenvalue weighted by atomic mass is 35.8. The first-order chi connectivity index (χ1) is 17.3. The number of carbonyl (C=O) groups excluding carboxylic acids is 3. The quantitative estimate of drug-likeness (QED) is 0.264. The predicted molar refractivity (Wildman–Crippen MR) is 146 cm³/mol. The van der Waals surface area contributed by atoms with Gasteiger partial charge in [-0.3, -0.25) is 14.4 Å². The SMILES string of the molecule is COC(Cc1ccccc1)[Si](Cl)(Cl)Cl.COC(Cc1ccccc1)[Si](OC(C)=O)(OC(C)=O)OC(C)=O. The van der Waals surface area contributed by atoms with E-state index in [4.69, 9.17) is 56.0 Å². The Kier molecular flexibility index (Phi) is 14.4. The van der Waals surface area contributed by atoms with Gasteiger partial charge in [-0.25, -0.2) is 0 Å². The van der Waals surface area contributed by atoms with E-state index in [2.05, 4.69) is 0 Å². The third kappa shape index (κ3) is 12.4. The molecular weight excluding hydrogens is 579 g/mol. The summed E-state index contributed by atoms with van der Waals surface area (Å²) in [4.78, 5) is 34.4. The Morgan fingerprint density at radius 3 is 1.24 bits per heavy atom. The Morgan fingerprint density at radius 1 is 0.649 bits per heavy atom. The number of methoxy groups -OCH3 is 2. The molecule has 0 aliphatic rings. The largest absolute Gasteiger partial charge is 0.736 e. The number of halogens is 3. The second-order valence-corrected chi connectivity index (χ2v) is 19.1. The van der Waals surface area contributed by atoms with Gasteiger partial charge < -0.3 is 22.8 Å². The van der Waals surface area contributed by atoms with Gasteiger partial charge in [0.2, 0.25) is 0 Å². The summed E-state index contributed by atoms with van der Waals surface area (Å²) in [5.41, 5.74) is 0.789. The lowest BCUT2D eigenvalue weighted by atomic mass is 10.2. The summed E-state index contributed by atoms with van der Waals surface area (Å²) >= 11 is 17.7. The van der Waals surface area contributed by atoms with Crippen molar-refractivity contribution in [1.82, 2.24) is 0 Å². The molecule has 37 heavy (non-hydrogen) atoms. The lowest BCUT2D eigenvalue weighted by Gasteiger charge is -2.31. The van der Waals surface area contributed by atoms with Crippen molar-refractivity contribution < 1.29 is 37.1 Å². The number of ether oxygens (including phenoxy) is 2. The molecule has 2 aromatic carbocycles. The molecule has 0 bridgehead atoms. The van der Waals surface area contributed by atoms with Crippen molar-refractivity contribution in [2.24, 2.45) is 0 Å². The molecule has 0 fully saturated rings. The van der Waals surface area contributed by atoms with Crippen LogP contribution in [0.15, 0.2) is 60.7 Å². The van der Waals surface area contributed by atoms with Crippen LogP contribution in [-0.4, -0.2) is 58.4 Å². The first-order valence-electron chi connectivity index (χ1n) is 11.1. The lowest BCUT2D eigenvalue weighted by molar-refractivity contribution is -0.150. The summed E-state index contributed by atoms with van der Waals surface area (Å²) in [5, 5.41) is 0. The van der Waals surface area contributed by atoms with Crippen LogP contribution in [0.5, 0.6) is 0 Å². The number of hydrogen-bond acceptors (Lipinski definition) is 8. The van der Waals surface area contributed by atoms with E-state index < -0.39 is 38.4 Å². The van der Waals surface area contributed by atoms with Gasteiger partial charge in [0.25, 0.3) is 17.9 Å². The number of hydrogen-bond donors (Lipinski definition) is 0. The molecule has 2 unspecified atom stereocenters. The van der Waals surface area contributed by atoms with Crippen LogP contribution in [0, 0.1) is 0 Å². The van der Waals surface area contributed by atoms with Gasteiger partial charge in [-0.2, -0.15) is 0 Å². The van der Waals surface area contributed by atoms with Crippen LogP contribution in [0.1, 0.15) is 31.9 Å². The summed E-state index contributed by atoms with van der Waals surface area (Å²) in [5.74, 6) is -2.18. The molecule has 0 saturated heterocycles. The molecule has 0 amide bonds. The molecule has 13 heteroatoms. The third-order valence-corrected chi connectivity index (χ3v) is 11.0. The van der Waals surface area contributed by atoms with Crippen LogP contribution >= 0.6 is 33.2 Å². The Hall–Kier alpha value is -1.93. The highest BCUT2D eigenvalue weighted by Crippen LogP contribution is 2.28. The van der Waals surface area contributed by atoms with Crippen LogP contribution in [0.2, 0.25) is 0 Å². The molecule has 0 aliphatic heterocycles. The molecule has 2 aromatic rings. The number of rotatable bonds is 11. The number of benzene rings is 2. The molecule has 0 N–H and O–H groups in total. The smallest absolute Gasteiger partial charge is 0.454 e. The molecule has 0 aromatic heterocycles. The van der Waals surface area contributed by atoms with Crippen molar-refractivity contribution in [3.63, 3.8) is 0 Å². The van der Waals surface area contributed by atoms with Gasteiger partial charge >= 0.3 is 14.8 Å². The highest BCUT2D eigenvalue weighted by Gasteiger charge is 2.60. The highest BCUT2D eigenvalue weighted by molar-refractivity contribution is 7.65. The summed E-state index contributed by atoms with van der Waals surface area (Å²) in [6, 6.07) is 16.3. The molecule has 0 saturated carbocycles. The van der Waals surface area contributed by atoms with E-state index in [0.717, 1.165) is 31.9 Å². The van der Waals surface area contributed by atoms with Gasteiger partial charge in [0.15, 0.2) is 5.73 Å². The topological polar surface area (TPSA) is 97.4 Å². The summed E-state index contributed by atoms with van der Waals surface area (Å²) in [7, 11) is -1.13. The maximum absolute atomic E-state index is 11.5. The fraction of sp³-hybridized carbons (Fsp3) is 0.375. The summed E-state index contributed by atoms with van der Waals surface area (Å²) in [6.07, 6.45) is 0.900. The summed E-state index contributed by atoms with van der Waals surface area (Å²) in [6.45, 7) is 3.43. The molecule has 0 heterocycles. The van der Waals surface area contributed by atoms with Crippen molar-refractivity contribution in [2.45, 2.75) is 45.1 Å². The minimum atomic E-state index is -4.07. The molecular formula is C24H31Cl3O8Si2. The summed E-state index contributed by atoms with van der Waals surface area (Å²) < 4.78 is 26.1. The van der Waals surface area contributed by atoms with Gasteiger partial charge in [-0.15, -0.1) is 33.2 Å². The van der Waals surface area contributed by atoms with Crippen molar-refractivity contribution in [3.8, 4) is 0 Å². The van der Waals surface area contributed by atoms with Crippen LogP contribution < -0.4 is 0 Å². The Balaban J connectivity index is 0.000000417. The van der Waals surface area contributed by atoms with Gasteiger partial charge in [-0.05, 0) is 17.5 Å². The van der Waals surface area contributed by atoms with E-state index in [0.29, 0.717) is 6.42 Å². The fourth-order valence-electron chi connectivity index (χ4n) is 3.20. The first-order valence-corrected chi connectivity index (χ1v) is 18.0. The predicted octanol–water partition coefficient (Wildman–Crippen LogP) is 4.85. The molecule has 0 radical (unpaired) electrons. The van der Waals surface area contributed by atoms with Gasteiger partial charge in [0.1, 0.15) is 0 Å². The Morgan fingerprint density at radius 2 is 0.973 bits per heavy atom. The zero-order valence-electron chi connectivity index (χ0n) is 21.2. The average molecular weight is 610 g/mol. The monoisotopic (exact) mass is 608 g/mol. The van der Waals surface area contributed by atoms with Gasteiger partial charge in [-0.1, -0.05) is 60.7 Å². The van der Waals surface area contributed by atoms with Crippen molar-refractivity contribution in [3.05, 3.63) is 71.8 Å². The average Bonchev–Trinajstić information content (AvgIpc) is 2.80. The second kappa shape index (κ2) is 16.1. The van der Waals surface area contributed by atoms with Crippen LogP contribution in [0.3, 0.4) is 0 Å². The van der Waals surface area contributed by atoms with Crippen LogP contribution in [-0.2, 0) is 50.0 Å². The molecule has 8 nitrogen and oxygen atoms in total. The van der Waals surface area contributed by atoms with Crippen molar-refractivity contribution in [1.29, 1.82) is 0 Å². The Labute approximate surface area is 233 Å². The van der Waals surface area contributed by atoms with E-state index in [1.54, 1.807) is 7.11 Å². The van der Waals surface area contributed by atoms with E-state index in [1.165, 1.54) is 7.11 Å². The minimum Gasteiger partial charge on any atom is -0.454 e. The zero-order valence-corrected chi connectivity index (χ0v) is 25.5. The normalized spacial score (nSPS) is 12.9. The maximum Gasteiger partial charge on any atom is 0.736 e.